The Morgan fingerprint density at radius 1 is 1.33 bits per heavy atom. The van der Waals surface area contributed by atoms with Crippen molar-refractivity contribution in [3.05, 3.63) is 52.5 Å². The molecular weight excluding hydrogens is 233 g/mol. The molecule has 0 atom stereocenters. The first kappa shape index (κ1) is 11.1. The fraction of sp³-hybridized carbons (Fsp3) is 0.308. The number of aromatic nitrogens is 2. The lowest BCUT2D eigenvalue weighted by molar-refractivity contribution is 0.593. The molecule has 18 heavy (non-hydrogen) atoms. The SMILES string of the molecule is Nc1cccc(Cn2ccn(C3CC3)c2=O)c1F. The average molecular weight is 247 g/mol. The second-order valence-electron chi connectivity index (χ2n) is 4.67. The second-order valence-corrected chi connectivity index (χ2v) is 4.67. The van der Waals surface area contributed by atoms with Crippen molar-refractivity contribution in [3.8, 4) is 0 Å². The van der Waals surface area contributed by atoms with Crippen LogP contribution in [0.3, 0.4) is 0 Å². The first-order valence-corrected chi connectivity index (χ1v) is 5.97. The second kappa shape index (κ2) is 4.01. The zero-order valence-corrected chi connectivity index (χ0v) is 9.84. The Kier molecular flexibility index (Phi) is 2.47. The molecule has 2 N–H and O–H groups in total. The van der Waals surface area contributed by atoms with Crippen LogP contribution in [0, 0.1) is 5.82 Å². The van der Waals surface area contributed by atoms with Gasteiger partial charge in [-0.3, -0.25) is 9.13 Å². The number of imidazole rings is 1. The van der Waals surface area contributed by atoms with Crippen molar-refractivity contribution in [2.45, 2.75) is 25.4 Å². The minimum Gasteiger partial charge on any atom is -0.396 e. The molecule has 5 heteroatoms. The van der Waals surface area contributed by atoms with Gasteiger partial charge in [-0.1, -0.05) is 12.1 Å². The quantitative estimate of drug-likeness (QED) is 0.840. The van der Waals surface area contributed by atoms with Gasteiger partial charge < -0.3 is 5.73 Å². The Bertz CT molecular complexity index is 640. The molecule has 1 aliphatic carbocycles. The monoisotopic (exact) mass is 247 g/mol. The number of nitrogens with two attached hydrogens (primary N) is 1. The van der Waals surface area contributed by atoms with Crippen molar-refractivity contribution in [3.63, 3.8) is 0 Å². The van der Waals surface area contributed by atoms with E-state index in [4.69, 9.17) is 5.73 Å². The first-order chi connectivity index (χ1) is 8.66. The van der Waals surface area contributed by atoms with Crippen LogP contribution in [0.15, 0.2) is 35.4 Å². The molecule has 1 aliphatic rings. The third kappa shape index (κ3) is 1.81. The van der Waals surface area contributed by atoms with Crippen LogP contribution in [0.1, 0.15) is 24.4 Å². The smallest absolute Gasteiger partial charge is 0.328 e. The molecule has 1 saturated carbocycles. The maximum atomic E-state index is 13.7. The van der Waals surface area contributed by atoms with E-state index in [-0.39, 0.29) is 17.9 Å². The molecule has 1 heterocycles. The van der Waals surface area contributed by atoms with Crippen molar-refractivity contribution < 1.29 is 4.39 Å². The molecule has 94 valence electrons. The van der Waals surface area contributed by atoms with Crippen LogP contribution >= 0.6 is 0 Å². The predicted molar refractivity (Wildman–Crippen MR) is 66.9 cm³/mol. The molecule has 0 aliphatic heterocycles. The van der Waals surface area contributed by atoms with Gasteiger partial charge in [-0.05, 0) is 18.9 Å². The van der Waals surface area contributed by atoms with Gasteiger partial charge in [0.25, 0.3) is 0 Å². The van der Waals surface area contributed by atoms with Crippen molar-refractivity contribution in [2.75, 3.05) is 5.73 Å². The molecule has 3 rings (SSSR count). The summed E-state index contributed by atoms with van der Waals surface area (Å²) in [7, 11) is 0. The highest BCUT2D eigenvalue weighted by Crippen LogP contribution is 2.33. The highest BCUT2D eigenvalue weighted by atomic mass is 19.1. The zero-order valence-electron chi connectivity index (χ0n) is 9.84. The third-order valence-electron chi connectivity index (χ3n) is 3.26. The number of anilines is 1. The van der Waals surface area contributed by atoms with Gasteiger partial charge in [0.05, 0.1) is 12.2 Å². The predicted octanol–water partition coefficient (Wildman–Crippen LogP) is 1.75. The highest BCUT2D eigenvalue weighted by molar-refractivity contribution is 5.42. The number of halogens is 1. The summed E-state index contributed by atoms with van der Waals surface area (Å²) >= 11 is 0. The number of hydrogen-bond donors (Lipinski definition) is 1. The van der Waals surface area contributed by atoms with Gasteiger partial charge in [-0.15, -0.1) is 0 Å². The van der Waals surface area contributed by atoms with Crippen LogP contribution < -0.4 is 11.4 Å². The molecule has 0 bridgehead atoms. The highest BCUT2D eigenvalue weighted by Gasteiger charge is 2.25. The first-order valence-electron chi connectivity index (χ1n) is 5.97. The van der Waals surface area contributed by atoms with E-state index in [1.54, 1.807) is 29.1 Å². The molecular formula is C13H14FN3O. The maximum Gasteiger partial charge on any atom is 0.328 e. The average Bonchev–Trinajstić information content (AvgIpc) is 3.12. The van der Waals surface area contributed by atoms with Crippen LogP contribution in [-0.4, -0.2) is 9.13 Å². The summed E-state index contributed by atoms with van der Waals surface area (Å²) in [6.45, 7) is 0.218. The Morgan fingerprint density at radius 3 is 2.83 bits per heavy atom. The van der Waals surface area contributed by atoms with E-state index < -0.39 is 5.82 Å². The van der Waals surface area contributed by atoms with Gasteiger partial charge in [0.1, 0.15) is 0 Å². The third-order valence-corrected chi connectivity index (χ3v) is 3.26. The molecule has 0 amide bonds. The fourth-order valence-corrected chi connectivity index (χ4v) is 2.08. The number of hydrogen-bond acceptors (Lipinski definition) is 2. The lowest BCUT2D eigenvalue weighted by Gasteiger charge is -2.05. The molecule has 4 nitrogen and oxygen atoms in total. The topological polar surface area (TPSA) is 52.9 Å². The fourth-order valence-electron chi connectivity index (χ4n) is 2.08. The van der Waals surface area contributed by atoms with E-state index in [2.05, 4.69) is 0 Å². The number of rotatable bonds is 3. The van der Waals surface area contributed by atoms with Gasteiger partial charge >= 0.3 is 5.69 Å². The number of benzene rings is 1. The standard InChI is InChI=1S/C13H14FN3O/c14-12-9(2-1-3-11(12)15)8-16-6-7-17(13(16)18)10-4-5-10/h1-3,6-7,10H,4-5,8,15H2. The van der Waals surface area contributed by atoms with E-state index in [1.807, 2.05) is 0 Å². The van der Waals surface area contributed by atoms with Gasteiger partial charge in [0.2, 0.25) is 0 Å². The molecule has 1 aromatic carbocycles. The Morgan fingerprint density at radius 2 is 2.11 bits per heavy atom. The van der Waals surface area contributed by atoms with Gasteiger partial charge in [0.15, 0.2) is 5.82 Å². The summed E-state index contributed by atoms with van der Waals surface area (Å²) < 4.78 is 17.0. The van der Waals surface area contributed by atoms with Crippen LogP contribution in [-0.2, 0) is 6.54 Å². The van der Waals surface area contributed by atoms with Crippen LogP contribution in [0.5, 0.6) is 0 Å². The lowest BCUT2D eigenvalue weighted by atomic mass is 10.2. The zero-order chi connectivity index (χ0) is 12.7. The normalized spacial score (nSPS) is 14.9. The molecule has 1 fully saturated rings. The van der Waals surface area contributed by atoms with Crippen molar-refractivity contribution >= 4 is 5.69 Å². The number of nitrogens with zero attached hydrogens (tertiary/aromatic N) is 2. The summed E-state index contributed by atoms with van der Waals surface area (Å²) in [5, 5.41) is 0. The van der Waals surface area contributed by atoms with Gasteiger partial charge in [0, 0.05) is 24.0 Å². The summed E-state index contributed by atoms with van der Waals surface area (Å²) in [6.07, 6.45) is 5.57. The summed E-state index contributed by atoms with van der Waals surface area (Å²) in [4.78, 5) is 12.0. The molecule has 0 radical (unpaired) electrons. The van der Waals surface area contributed by atoms with Crippen LogP contribution in [0.4, 0.5) is 10.1 Å². The van der Waals surface area contributed by atoms with E-state index in [9.17, 15) is 9.18 Å². The lowest BCUT2D eigenvalue weighted by Crippen LogP contribution is -2.24. The molecule has 1 aromatic heterocycles. The molecule has 0 saturated heterocycles. The minimum absolute atomic E-state index is 0.0840. The largest absolute Gasteiger partial charge is 0.396 e. The summed E-state index contributed by atoms with van der Waals surface area (Å²) in [5.74, 6) is -0.441. The molecule has 0 spiro atoms. The van der Waals surface area contributed by atoms with E-state index in [0.717, 1.165) is 12.8 Å². The van der Waals surface area contributed by atoms with Crippen LogP contribution in [0.25, 0.3) is 0 Å². The Balaban J connectivity index is 1.92. The summed E-state index contributed by atoms with van der Waals surface area (Å²) in [5.41, 5.74) is 5.97. The van der Waals surface area contributed by atoms with E-state index >= 15 is 0 Å². The summed E-state index contributed by atoms with van der Waals surface area (Å²) in [6, 6.07) is 5.18. The van der Waals surface area contributed by atoms with E-state index in [1.165, 1.54) is 10.6 Å². The van der Waals surface area contributed by atoms with Crippen molar-refractivity contribution in [2.24, 2.45) is 0 Å². The van der Waals surface area contributed by atoms with Crippen LogP contribution in [0.2, 0.25) is 0 Å². The number of nitrogen functional groups attached to an aromatic ring is 1. The van der Waals surface area contributed by atoms with Crippen molar-refractivity contribution in [1.82, 2.24) is 9.13 Å². The van der Waals surface area contributed by atoms with Crippen molar-refractivity contribution in [1.29, 1.82) is 0 Å². The van der Waals surface area contributed by atoms with Gasteiger partial charge in [-0.25, -0.2) is 9.18 Å². The Hall–Kier alpha value is -2.04. The van der Waals surface area contributed by atoms with Gasteiger partial charge in [-0.2, -0.15) is 0 Å². The maximum absolute atomic E-state index is 13.7. The molecule has 0 unspecified atom stereocenters. The van der Waals surface area contributed by atoms with E-state index in [0.29, 0.717) is 11.6 Å². The minimum atomic E-state index is -0.441. The molecule has 2 aromatic rings. The Labute approximate surface area is 103 Å².